The Kier molecular flexibility index (Phi) is 6.79. The maximum absolute atomic E-state index is 13.7. The minimum absolute atomic E-state index is 0.129. The highest BCUT2D eigenvalue weighted by molar-refractivity contribution is 5.94. The van der Waals surface area contributed by atoms with E-state index in [2.05, 4.69) is 0 Å². The van der Waals surface area contributed by atoms with Gasteiger partial charge < -0.3 is 23.7 Å². The second kappa shape index (κ2) is 9.92. The fourth-order valence-corrected chi connectivity index (χ4v) is 4.35. The van der Waals surface area contributed by atoms with Crippen LogP contribution in [0.2, 0.25) is 0 Å². The third-order valence-corrected chi connectivity index (χ3v) is 6.02. The highest BCUT2D eigenvalue weighted by atomic mass is 16.5. The molecule has 0 spiro atoms. The van der Waals surface area contributed by atoms with Crippen molar-refractivity contribution in [3.8, 4) is 11.5 Å². The molecule has 7 heteroatoms. The SMILES string of the molecule is COCCn1cc(C(=O)N2CCc3cc(OC)c(OC)cc3C2c2ccccc2)ccc1=O. The second-order valence-corrected chi connectivity index (χ2v) is 7.91. The van der Waals surface area contributed by atoms with Crippen LogP contribution in [0, 0.1) is 0 Å². The van der Waals surface area contributed by atoms with Crippen molar-refractivity contribution in [3.05, 3.63) is 93.4 Å². The lowest BCUT2D eigenvalue weighted by molar-refractivity contribution is 0.0693. The number of rotatable bonds is 7. The smallest absolute Gasteiger partial charge is 0.256 e. The molecule has 1 aliphatic heterocycles. The lowest BCUT2D eigenvalue weighted by Crippen LogP contribution is -2.41. The van der Waals surface area contributed by atoms with Crippen molar-refractivity contribution in [2.24, 2.45) is 0 Å². The van der Waals surface area contributed by atoms with Crippen molar-refractivity contribution in [1.29, 1.82) is 0 Å². The Morgan fingerprint density at radius 2 is 1.73 bits per heavy atom. The molecule has 0 aliphatic carbocycles. The zero-order chi connectivity index (χ0) is 23.4. The molecule has 7 nitrogen and oxygen atoms in total. The first-order valence-electron chi connectivity index (χ1n) is 10.9. The average Bonchev–Trinajstić information content (AvgIpc) is 2.86. The molecule has 1 aromatic heterocycles. The molecule has 2 heterocycles. The summed E-state index contributed by atoms with van der Waals surface area (Å²) in [5, 5.41) is 0. The molecule has 33 heavy (non-hydrogen) atoms. The Morgan fingerprint density at radius 3 is 2.42 bits per heavy atom. The molecule has 1 aliphatic rings. The summed E-state index contributed by atoms with van der Waals surface area (Å²) in [6.07, 6.45) is 2.31. The summed E-state index contributed by atoms with van der Waals surface area (Å²) >= 11 is 0. The average molecular weight is 449 g/mol. The molecule has 2 aromatic carbocycles. The van der Waals surface area contributed by atoms with E-state index in [1.54, 1.807) is 33.6 Å². The van der Waals surface area contributed by atoms with Gasteiger partial charge in [-0.25, -0.2) is 0 Å². The number of hydrogen-bond donors (Lipinski definition) is 0. The van der Waals surface area contributed by atoms with Gasteiger partial charge in [-0.15, -0.1) is 0 Å². The fourth-order valence-electron chi connectivity index (χ4n) is 4.35. The van der Waals surface area contributed by atoms with Crippen LogP contribution >= 0.6 is 0 Å². The van der Waals surface area contributed by atoms with Crippen LogP contribution in [0.4, 0.5) is 0 Å². The number of hydrogen-bond acceptors (Lipinski definition) is 5. The van der Waals surface area contributed by atoms with Gasteiger partial charge in [-0.1, -0.05) is 30.3 Å². The van der Waals surface area contributed by atoms with E-state index in [9.17, 15) is 9.59 Å². The van der Waals surface area contributed by atoms with Crippen LogP contribution in [0.25, 0.3) is 0 Å². The topological polar surface area (TPSA) is 70.0 Å². The Morgan fingerprint density at radius 1 is 1.00 bits per heavy atom. The summed E-state index contributed by atoms with van der Waals surface area (Å²) < 4.78 is 17.7. The number of ether oxygens (including phenoxy) is 3. The van der Waals surface area contributed by atoms with E-state index < -0.39 is 0 Å². The van der Waals surface area contributed by atoms with E-state index in [0.29, 0.717) is 43.2 Å². The Labute approximate surface area is 193 Å². The normalized spacial score (nSPS) is 15.1. The highest BCUT2D eigenvalue weighted by Crippen LogP contribution is 2.41. The molecule has 172 valence electrons. The van der Waals surface area contributed by atoms with E-state index in [0.717, 1.165) is 16.7 Å². The Bertz CT molecular complexity index is 1190. The first kappa shape index (κ1) is 22.6. The Hall–Kier alpha value is -3.58. The number of aromatic nitrogens is 1. The van der Waals surface area contributed by atoms with Crippen LogP contribution in [-0.4, -0.2) is 49.9 Å². The van der Waals surface area contributed by atoms with Crippen molar-refractivity contribution in [2.75, 3.05) is 34.5 Å². The minimum Gasteiger partial charge on any atom is -0.493 e. The maximum Gasteiger partial charge on any atom is 0.256 e. The van der Waals surface area contributed by atoms with Gasteiger partial charge in [0.25, 0.3) is 11.5 Å². The third-order valence-electron chi connectivity index (χ3n) is 6.02. The molecule has 0 N–H and O–H groups in total. The van der Waals surface area contributed by atoms with Crippen molar-refractivity contribution in [3.63, 3.8) is 0 Å². The van der Waals surface area contributed by atoms with E-state index >= 15 is 0 Å². The molecule has 1 atom stereocenters. The number of amides is 1. The summed E-state index contributed by atoms with van der Waals surface area (Å²) in [5.41, 5.74) is 3.44. The van der Waals surface area contributed by atoms with E-state index in [4.69, 9.17) is 14.2 Å². The molecule has 4 rings (SSSR count). The van der Waals surface area contributed by atoms with Gasteiger partial charge in [0.15, 0.2) is 11.5 Å². The summed E-state index contributed by atoms with van der Waals surface area (Å²) in [6, 6.07) is 16.7. The molecular weight excluding hydrogens is 420 g/mol. The largest absolute Gasteiger partial charge is 0.493 e. The van der Waals surface area contributed by atoms with Gasteiger partial charge in [-0.3, -0.25) is 9.59 Å². The van der Waals surface area contributed by atoms with Gasteiger partial charge in [-0.2, -0.15) is 0 Å². The van der Waals surface area contributed by atoms with Gasteiger partial charge in [-0.05, 0) is 41.3 Å². The molecule has 1 unspecified atom stereocenters. The standard InChI is InChI=1S/C26H28N2O5/c1-31-14-13-27-17-20(9-10-24(27)29)26(30)28-12-11-19-15-22(32-2)23(33-3)16-21(19)25(28)18-7-5-4-6-8-18/h4-10,15-17,25H,11-14H2,1-3H3. The summed E-state index contributed by atoms with van der Waals surface area (Å²) in [5.74, 6) is 1.17. The van der Waals surface area contributed by atoms with Crippen LogP contribution in [0.15, 0.2) is 65.6 Å². The molecule has 0 saturated heterocycles. The van der Waals surface area contributed by atoms with Gasteiger partial charge in [0.05, 0.1) is 32.4 Å². The number of carbonyl (C=O) groups is 1. The maximum atomic E-state index is 13.7. The molecule has 3 aromatic rings. The highest BCUT2D eigenvalue weighted by Gasteiger charge is 2.34. The molecular formula is C26H28N2O5. The number of benzene rings is 2. The Balaban J connectivity index is 1.79. The predicted octanol–water partition coefficient (Wildman–Crippen LogP) is 3.30. The summed E-state index contributed by atoms with van der Waals surface area (Å²) in [4.78, 5) is 27.8. The fraction of sp³-hybridized carbons (Fsp3) is 0.308. The van der Waals surface area contributed by atoms with Crippen molar-refractivity contribution < 1.29 is 19.0 Å². The lowest BCUT2D eigenvalue weighted by atomic mass is 9.87. The number of methoxy groups -OCH3 is 3. The van der Waals surface area contributed by atoms with Gasteiger partial charge in [0.1, 0.15) is 0 Å². The molecule has 0 bridgehead atoms. The quantitative estimate of drug-likeness (QED) is 0.555. The van der Waals surface area contributed by atoms with Crippen LogP contribution in [0.5, 0.6) is 11.5 Å². The first-order valence-corrected chi connectivity index (χ1v) is 10.9. The van der Waals surface area contributed by atoms with Gasteiger partial charge in [0, 0.05) is 32.5 Å². The van der Waals surface area contributed by atoms with Crippen molar-refractivity contribution in [2.45, 2.75) is 19.0 Å². The minimum atomic E-state index is -0.290. The van der Waals surface area contributed by atoms with Crippen molar-refractivity contribution in [1.82, 2.24) is 9.47 Å². The zero-order valence-electron chi connectivity index (χ0n) is 19.1. The monoisotopic (exact) mass is 448 g/mol. The van der Waals surface area contributed by atoms with Crippen LogP contribution < -0.4 is 15.0 Å². The van der Waals surface area contributed by atoms with Crippen LogP contribution in [-0.2, 0) is 17.7 Å². The molecule has 0 saturated carbocycles. The number of carbonyl (C=O) groups excluding carboxylic acids is 1. The molecule has 0 fully saturated rings. The second-order valence-electron chi connectivity index (χ2n) is 7.91. The first-order chi connectivity index (χ1) is 16.1. The van der Waals surface area contributed by atoms with E-state index in [1.807, 2.05) is 47.4 Å². The van der Waals surface area contributed by atoms with E-state index in [-0.39, 0.29) is 17.5 Å². The summed E-state index contributed by atoms with van der Waals surface area (Å²) in [7, 11) is 4.81. The zero-order valence-corrected chi connectivity index (χ0v) is 19.1. The molecule has 0 radical (unpaired) electrons. The van der Waals surface area contributed by atoms with Crippen LogP contribution in [0.3, 0.4) is 0 Å². The van der Waals surface area contributed by atoms with Gasteiger partial charge in [0.2, 0.25) is 0 Å². The van der Waals surface area contributed by atoms with Crippen LogP contribution in [0.1, 0.15) is 33.1 Å². The summed E-state index contributed by atoms with van der Waals surface area (Å²) in [6.45, 7) is 1.32. The number of nitrogens with zero attached hydrogens (tertiary/aromatic N) is 2. The van der Waals surface area contributed by atoms with Crippen molar-refractivity contribution >= 4 is 5.91 Å². The predicted molar refractivity (Wildman–Crippen MR) is 125 cm³/mol. The lowest BCUT2D eigenvalue weighted by Gasteiger charge is -2.38. The van der Waals surface area contributed by atoms with E-state index in [1.165, 1.54) is 10.6 Å². The third kappa shape index (κ3) is 4.50. The number of pyridine rings is 1. The van der Waals surface area contributed by atoms with Gasteiger partial charge >= 0.3 is 0 Å². The number of fused-ring (bicyclic) bond motifs is 1. The molecule has 1 amide bonds.